The van der Waals surface area contributed by atoms with Crippen LogP contribution in [-0.4, -0.2) is 37.8 Å². The van der Waals surface area contributed by atoms with Gasteiger partial charge in [0.05, 0.1) is 28.8 Å². The van der Waals surface area contributed by atoms with Crippen LogP contribution in [0.2, 0.25) is 23.2 Å². The van der Waals surface area contributed by atoms with Crippen LogP contribution in [-0.2, 0) is 9.22 Å². The first-order chi connectivity index (χ1) is 16.2. The van der Waals surface area contributed by atoms with Crippen LogP contribution < -0.4 is 11.2 Å². The summed E-state index contributed by atoms with van der Waals surface area (Å²) in [7, 11) is -2.24. The van der Waals surface area contributed by atoms with E-state index in [-0.39, 0.29) is 22.2 Å². The number of nitrogens with two attached hydrogens (primary N) is 1. The van der Waals surface area contributed by atoms with Gasteiger partial charge in [-0.2, -0.15) is 10.5 Å². The molecule has 35 heavy (non-hydrogen) atoms. The lowest BCUT2D eigenvalue weighted by atomic mass is 10.1. The van der Waals surface area contributed by atoms with Crippen LogP contribution in [0.25, 0.3) is 0 Å². The van der Waals surface area contributed by atoms with E-state index in [4.69, 9.17) is 27.1 Å². The number of imide groups is 1. The minimum absolute atomic E-state index is 0.0270. The molecule has 0 aromatic heterocycles. The van der Waals surface area contributed by atoms with Crippen molar-refractivity contribution in [1.82, 2.24) is 5.01 Å². The number of amides is 2. The third-order valence-electron chi connectivity index (χ3n) is 6.27. The molecule has 0 radical (unpaired) electrons. The van der Waals surface area contributed by atoms with Gasteiger partial charge in [0, 0.05) is 11.3 Å². The zero-order chi connectivity index (χ0) is 26.6. The summed E-state index contributed by atoms with van der Waals surface area (Å²) in [6, 6.07) is 12.0. The van der Waals surface area contributed by atoms with Gasteiger partial charge in [0.2, 0.25) is 0 Å². The quantitative estimate of drug-likeness (QED) is 0.237. The van der Waals surface area contributed by atoms with Gasteiger partial charge in [0.25, 0.3) is 11.8 Å². The number of hydrogen-bond donors (Lipinski definition) is 2. The number of carbonyl (C=O) groups excluding carboxylic acids is 2. The Morgan fingerprint density at radius 1 is 1.14 bits per heavy atom. The van der Waals surface area contributed by atoms with Crippen molar-refractivity contribution in [1.29, 1.82) is 10.5 Å². The number of nitriles is 2. The Labute approximate surface area is 212 Å². The molecule has 2 amide bonds. The fraction of sp³-hybridized carbons (Fsp3) is 0.360. The van der Waals surface area contributed by atoms with Crippen LogP contribution in [0.15, 0.2) is 36.4 Å². The maximum Gasteiger partial charge on any atom is 0.274 e. The van der Waals surface area contributed by atoms with E-state index in [1.807, 2.05) is 12.1 Å². The number of nitrogens with zero attached hydrogens (tertiary/aromatic N) is 3. The van der Waals surface area contributed by atoms with Crippen molar-refractivity contribution in [3.8, 4) is 12.1 Å². The van der Waals surface area contributed by atoms with Crippen LogP contribution in [0.5, 0.6) is 0 Å². The molecule has 0 saturated heterocycles. The van der Waals surface area contributed by atoms with Crippen molar-refractivity contribution in [2.45, 2.75) is 51.9 Å². The van der Waals surface area contributed by atoms with Crippen LogP contribution in [0.1, 0.15) is 47.8 Å². The van der Waals surface area contributed by atoms with Crippen molar-refractivity contribution in [3.05, 3.63) is 63.7 Å². The molecule has 3 N–H and O–H groups in total. The average Bonchev–Trinajstić information content (AvgIpc) is 2.82. The summed E-state index contributed by atoms with van der Waals surface area (Å²) in [5.41, 5.74) is 1.96. The Balaban J connectivity index is 2.37. The molecule has 0 fully saturated rings. The zero-order valence-electron chi connectivity index (χ0n) is 20.8. The number of benzene rings is 2. The molecule has 2 aromatic carbocycles. The van der Waals surface area contributed by atoms with Crippen molar-refractivity contribution >= 4 is 37.4 Å². The first kappa shape index (κ1) is 28.0. The highest BCUT2D eigenvalue weighted by atomic mass is 35.5. The molecule has 0 spiro atoms. The van der Waals surface area contributed by atoms with Gasteiger partial charge in [-0.15, -0.1) is 0 Å². The first-order valence-electron chi connectivity index (χ1n) is 11.0. The van der Waals surface area contributed by atoms with Crippen LogP contribution in [0.4, 0.5) is 5.69 Å². The number of nitrogens with one attached hydrogen (secondary N) is 1. The Bertz CT molecular complexity index is 1190. The number of hydrazine groups is 1. The third-order valence-corrected chi connectivity index (χ3v) is 11.3. The predicted molar refractivity (Wildman–Crippen MR) is 138 cm³/mol. The molecular formula is C25H30ClN5O3Si. The normalized spacial score (nSPS) is 12.3. The van der Waals surface area contributed by atoms with Crippen molar-refractivity contribution < 1.29 is 14.0 Å². The van der Waals surface area contributed by atoms with Gasteiger partial charge in [0.15, 0.2) is 8.32 Å². The average molecular weight is 512 g/mol. The van der Waals surface area contributed by atoms with Crippen molar-refractivity contribution in [2.24, 2.45) is 5.84 Å². The monoisotopic (exact) mass is 511 g/mol. The maximum atomic E-state index is 13.4. The van der Waals surface area contributed by atoms with E-state index in [0.717, 1.165) is 0 Å². The van der Waals surface area contributed by atoms with Gasteiger partial charge in [-0.1, -0.05) is 32.4 Å². The molecule has 184 valence electrons. The second-order valence-corrected chi connectivity index (χ2v) is 14.9. The summed E-state index contributed by atoms with van der Waals surface area (Å²) in [5, 5.41) is 22.0. The summed E-state index contributed by atoms with van der Waals surface area (Å²) < 4.78 is 6.27. The summed E-state index contributed by atoms with van der Waals surface area (Å²) in [4.78, 5) is 26.3. The summed E-state index contributed by atoms with van der Waals surface area (Å²) in [6.07, 6.45) is 0. The Hall–Kier alpha value is -3.21. The molecule has 0 saturated carbocycles. The second-order valence-electron chi connectivity index (χ2n) is 9.68. The molecule has 0 unspecified atom stereocenters. The zero-order valence-corrected chi connectivity index (χ0v) is 22.5. The molecule has 1 atom stereocenters. The van der Waals surface area contributed by atoms with E-state index in [1.54, 1.807) is 19.1 Å². The molecule has 0 aliphatic heterocycles. The molecule has 0 aliphatic carbocycles. The first-order valence-corrected chi connectivity index (χ1v) is 14.2. The van der Waals surface area contributed by atoms with E-state index in [1.165, 1.54) is 24.3 Å². The highest BCUT2D eigenvalue weighted by molar-refractivity contribution is 6.74. The number of hydrogen-bond acceptors (Lipinski definition) is 7. The fourth-order valence-corrected chi connectivity index (χ4v) is 4.12. The lowest BCUT2D eigenvalue weighted by Crippen LogP contribution is -2.53. The van der Waals surface area contributed by atoms with Gasteiger partial charge < -0.3 is 9.74 Å². The lowest BCUT2D eigenvalue weighted by Gasteiger charge is -2.37. The van der Waals surface area contributed by atoms with Gasteiger partial charge in [0.1, 0.15) is 12.1 Å². The van der Waals surface area contributed by atoms with E-state index >= 15 is 0 Å². The molecule has 2 aromatic rings. The van der Waals surface area contributed by atoms with Gasteiger partial charge in [-0.3, -0.25) is 9.59 Å². The number of anilines is 1. The van der Waals surface area contributed by atoms with Crippen molar-refractivity contribution in [3.63, 3.8) is 0 Å². The van der Waals surface area contributed by atoms with E-state index in [2.05, 4.69) is 39.2 Å². The van der Waals surface area contributed by atoms with Gasteiger partial charge in [-0.05, 0) is 67.0 Å². The molecule has 0 aliphatic rings. The second kappa shape index (κ2) is 11.0. The van der Waals surface area contributed by atoms with Crippen LogP contribution in [0.3, 0.4) is 0 Å². The number of rotatable bonds is 7. The molecule has 0 bridgehead atoms. The van der Waals surface area contributed by atoms with Gasteiger partial charge >= 0.3 is 0 Å². The summed E-state index contributed by atoms with van der Waals surface area (Å²) in [6.45, 7) is 12.1. The Morgan fingerprint density at radius 2 is 1.74 bits per heavy atom. The highest BCUT2D eigenvalue weighted by Crippen LogP contribution is 2.37. The lowest BCUT2D eigenvalue weighted by molar-refractivity contribution is -0.130. The largest absolute Gasteiger partial charge is 0.414 e. The minimum Gasteiger partial charge on any atom is -0.414 e. The Kier molecular flexibility index (Phi) is 8.82. The van der Waals surface area contributed by atoms with E-state index in [9.17, 15) is 14.9 Å². The SMILES string of the molecule is Cc1c(N[C@H](CO[Si](C)(C)C(C)(C)C)C(=O)N(N)C(=O)c2ccc(C#N)cc2)ccc(C#N)c1Cl. The summed E-state index contributed by atoms with van der Waals surface area (Å²) in [5.74, 6) is 4.56. The maximum absolute atomic E-state index is 13.4. The van der Waals surface area contributed by atoms with E-state index in [0.29, 0.717) is 27.4 Å². The number of halogens is 1. The molecular weight excluding hydrogens is 482 g/mol. The standard InChI is InChI=1S/C25H30ClN5O3Si/c1-16-20(12-11-19(14-28)22(16)26)30-21(15-34-35(5,6)25(2,3)4)24(33)31(29)23(32)18-9-7-17(13-27)8-10-18/h7-12,21,30H,15,29H2,1-6H3/t21-/m1/s1. The fourth-order valence-electron chi connectivity index (χ4n) is 2.89. The molecule has 8 nitrogen and oxygen atoms in total. The Morgan fingerprint density at radius 3 is 2.26 bits per heavy atom. The minimum atomic E-state index is -2.24. The molecule has 10 heteroatoms. The van der Waals surface area contributed by atoms with E-state index < -0.39 is 26.2 Å². The predicted octanol–water partition coefficient (Wildman–Crippen LogP) is 4.74. The smallest absolute Gasteiger partial charge is 0.274 e. The third kappa shape index (κ3) is 6.47. The summed E-state index contributed by atoms with van der Waals surface area (Å²) >= 11 is 6.30. The molecule has 2 rings (SSSR count). The van der Waals surface area contributed by atoms with Gasteiger partial charge in [-0.25, -0.2) is 10.9 Å². The van der Waals surface area contributed by atoms with Crippen LogP contribution >= 0.6 is 11.6 Å². The van der Waals surface area contributed by atoms with Crippen LogP contribution in [0, 0.1) is 29.6 Å². The topological polar surface area (TPSA) is 132 Å². The molecule has 0 heterocycles. The van der Waals surface area contributed by atoms with Crippen molar-refractivity contribution in [2.75, 3.05) is 11.9 Å². The highest BCUT2D eigenvalue weighted by Gasteiger charge is 2.39. The number of carbonyl (C=O) groups is 2.